The number of benzene rings is 3. The smallest absolute Gasteiger partial charge is 0.372 e. The number of carboxylic acid groups (broad SMARTS) is 2. The van der Waals surface area contributed by atoms with Gasteiger partial charge in [0.2, 0.25) is 11.6 Å². The van der Waals surface area contributed by atoms with Gasteiger partial charge in [-0.05, 0) is 34.9 Å². The van der Waals surface area contributed by atoms with E-state index in [1.54, 1.807) is 18.2 Å². The number of hydrogen-bond acceptors (Lipinski definition) is 6. The van der Waals surface area contributed by atoms with Gasteiger partial charge < -0.3 is 10.2 Å². The predicted octanol–water partition coefficient (Wildman–Crippen LogP) is 3.46. The molecule has 0 aromatic heterocycles. The fraction of sp³-hybridized carbons (Fsp3) is 0.111. The Hall–Kier alpha value is -4.79. The Bertz CT molecular complexity index is 1310. The third kappa shape index (κ3) is 6.01. The van der Waals surface area contributed by atoms with Gasteiger partial charge in [0.05, 0.1) is 12.8 Å². The summed E-state index contributed by atoms with van der Waals surface area (Å²) < 4.78 is 14.9. The van der Waals surface area contributed by atoms with Crippen molar-refractivity contribution in [1.29, 1.82) is 0 Å². The van der Waals surface area contributed by atoms with Crippen LogP contribution in [0.5, 0.6) is 0 Å². The van der Waals surface area contributed by atoms with Crippen LogP contribution in [0.4, 0.5) is 4.39 Å². The summed E-state index contributed by atoms with van der Waals surface area (Å²) in [6.07, 6.45) is -1.69. The standard InChI is InChI=1S/C27H19FO8/c28-20-10-2-1-9-19(20)25(17-7-3-5-15(11-17)21(29)13-23(31)26(33)34)18-8-4-6-16(12-18)22(30)14-24(32)27(35)36/h1-12,25H,13-14H2,(H,33,34)(H,35,36). The molecule has 0 aliphatic carbocycles. The number of aliphatic carboxylic acids is 2. The van der Waals surface area contributed by atoms with E-state index in [-0.39, 0.29) is 16.7 Å². The lowest BCUT2D eigenvalue weighted by atomic mass is 9.83. The predicted molar refractivity (Wildman–Crippen MR) is 123 cm³/mol. The highest BCUT2D eigenvalue weighted by molar-refractivity contribution is 6.37. The van der Waals surface area contributed by atoms with Gasteiger partial charge in [-0.3, -0.25) is 19.2 Å². The van der Waals surface area contributed by atoms with Crippen LogP contribution in [0.2, 0.25) is 0 Å². The summed E-state index contributed by atoms with van der Waals surface area (Å²) in [6.45, 7) is 0. The average Bonchev–Trinajstić information content (AvgIpc) is 2.85. The number of carboxylic acids is 2. The Morgan fingerprint density at radius 2 is 1.08 bits per heavy atom. The van der Waals surface area contributed by atoms with Gasteiger partial charge in [-0.15, -0.1) is 0 Å². The van der Waals surface area contributed by atoms with E-state index in [1.807, 2.05) is 0 Å². The molecule has 3 rings (SSSR count). The minimum absolute atomic E-state index is 0.0442. The number of ketones is 4. The molecule has 0 radical (unpaired) electrons. The zero-order chi connectivity index (χ0) is 26.4. The van der Waals surface area contributed by atoms with Crippen LogP contribution in [0, 0.1) is 5.82 Å². The maximum Gasteiger partial charge on any atom is 0.372 e. The molecule has 0 atom stereocenters. The molecule has 0 bridgehead atoms. The van der Waals surface area contributed by atoms with Gasteiger partial charge in [-0.1, -0.05) is 54.6 Å². The quantitative estimate of drug-likeness (QED) is 0.180. The van der Waals surface area contributed by atoms with Crippen molar-refractivity contribution in [2.24, 2.45) is 0 Å². The molecule has 0 unspecified atom stereocenters. The summed E-state index contributed by atoms with van der Waals surface area (Å²) in [5.74, 6) is -8.86. The van der Waals surface area contributed by atoms with E-state index in [1.165, 1.54) is 54.6 Å². The summed E-state index contributed by atoms with van der Waals surface area (Å²) in [6, 6.07) is 17.7. The number of carbonyl (C=O) groups excluding carboxylic acids is 4. The molecule has 0 aliphatic rings. The Labute approximate surface area is 204 Å². The van der Waals surface area contributed by atoms with Crippen LogP contribution in [0.3, 0.4) is 0 Å². The first kappa shape index (κ1) is 25.8. The first-order valence-corrected chi connectivity index (χ1v) is 10.6. The summed E-state index contributed by atoms with van der Waals surface area (Å²) in [5, 5.41) is 17.6. The van der Waals surface area contributed by atoms with Gasteiger partial charge in [0.15, 0.2) is 11.6 Å². The lowest BCUT2D eigenvalue weighted by molar-refractivity contribution is -0.148. The largest absolute Gasteiger partial charge is 0.475 e. The molecule has 0 fully saturated rings. The molecule has 9 heteroatoms. The van der Waals surface area contributed by atoms with Crippen molar-refractivity contribution in [2.45, 2.75) is 18.8 Å². The third-order valence-corrected chi connectivity index (χ3v) is 5.42. The normalized spacial score (nSPS) is 10.6. The number of rotatable bonds is 11. The highest BCUT2D eigenvalue weighted by atomic mass is 19.1. The highest BCUT2D eigenvalue weighted by Crippen LogP contribution is 2.34. The van der Waals surface area contributed by atoms with Crippen LogP contribution >= 0.6 is 0 Å². The van der Waals surface area contributed by atoms with Crippen LogP contribution in [-0.2, 0) is 19.2 Å². The van der Waals surface area contributed by atoms with Gasteiger partial charge in [0.1, 0.15) is 5.82 Å². The Morgan fingerprint density at radius 1 is 0.639 bits per heavy atom. The van der Waals surface area contributed by atoms with Crippen molar-refractivity contribution in [3.8, 4) is 0 Å². The lowest BCUT2D eigenvalue weighted by Crippen LogP contribution is -2.18. The number of Topliss-reactive ketones (excluding diaryl/α,β-unsaturated/α-hetero) is 4. The minimum atomic E-state index is -1.73. The summed E-state index contributed by atoms with van der Waals surface area (Å²) in [4.78, 5) is 69.6. The van der Waals surface area contributed by atoms with E-state index < -0.39 is 59.6 Å². The summed E-state index contributed by atoms with van der Waals surface area (Å²) in [5.41, 5.74) is 1.13. The SMILES string of the molecule is O=C(O)C(=O)CC(=O)c1cccc(C(c2cccc(C(=O)CC(=O)C(=O)O)c2)c2ccccc2F)c1. The average molecular weight is 490 g/mol. The first-order chi connectivity index (χ1) is 17.1. The van der Waals surface area contributed by atoms with Gasteiger partial charge in [0.25, 0.3) is 0 Å². The van der Waals surface area contributed by atoms with Crippen molar-refractivity contribution >= 4 is 35.1 Å². The minimum Gasteiger partial charge on any atom is -0.475 e. The summed E-state index contributed by atoms with van der Waals surface area (Å²) in [7, 11) is 0. The molecule has 0 spiro atoms. The van der Waals surface area contributed by atoms with E-state index in [0.29, 0.717) is 11.1 Å². The Balaban J connectivity index is 2.07. The zero-order valence-corrected chi connectivity index (χ0v) is 18.6. The number of halogens is 1. The number of hydrogen-bond donors (Lipinski definition) is 2. The van der Waals surface area contributed by atoms with Gasteiger partial charge in [-0.25, -0.2) is 14.0 Å². The van der Waals surface area contributed by atoms with Gasteiger partial charge >= 0.3 is 11.9 Å². The van der Waals surface area contributed by atoms with Gasteiger partial charge in [-0.2, -0.15) is 0 Å². The molecule has 3 aromatic rings. The van der Waals surface area contributed by atoms with Gasteiger partial charge in [0, 0.05) is 17.0 Å². The first-order valence-electron chi connectivity index (χ1n) is 10.6. The summed E-state index contributed by atoms with van der Waals surface area (Å²) >= 11 is 0. The lowest BCUT2D eigenvalue weighted by Gasteiger charge is -2.21. The molecular weight excluding hydrogens is 471 g/mol. The van der Waals surface area contributed by atoms with Crippen molar-refractivity contribution in [3.63, 3.8) is 0 Å². The fourth-order valence-electron chi connectivity index (χ4n) is 3.69. The molecule has 0 heterocycles. The van der Waals surface area contributed by atoms with Crippen molar-refractivity contribution in [2.75, 3.05) is 0 Å². The molecule has 0 aliphatic heterocycles. The van der Waals surface area contributed by atoms with E-state index >= 15 is 0 Å². The molecule has 0 saturated heterocycles. The van der Waals surface area contributed by atoms with E-state index in [9.17, 15) is 33.2 Å². The Kier molecular flexibility index (Phi) is 7.96. The number of carbonyl (C=O) groups is 6. The topological polar surface area (TPSA) is 143 Å². The second-order valence-electron chi connectivity index (χ2n) is 7.86. The molecule has 0 saturated carbocycles. The highest BCUT2D eigenvalue weighted by Gasteiger charge is 2.24. The van der Waals surface area contributed by atoms with Crippen LogP contribution in [0.1, 0.15) is 56.2 Å². The molecule has 8 nitrogen and oxygen atoms in total. The molecule has 2 N–H and O–H groups in total. The van der Waals surface area contributed by atoms with E-state index in [0.717, 1.165) is 0 Å². The van der Waals surface area contributed by atoms with Crippen molar-refractivity contribution < 1.29 is 43.4 Å². The fourth-order valence-corrected chi connectivity index (χ4v) is 3.69. The second kappa shape index (κ2) is 11.1. The molecule has 182 valence electrons. The second-order valence-corrected chi connectivity index (χ2v) is 7.86. The monoisotopic (exact) mass is 490 g/mol. The molecule has 36 heavy (non-hydrogen) atoms. The van der Waals surface area contributed by atoms with E-state index in [2.05, 4.69) is 0 Å². The molecule has 0 amide bonds. The van der Waals surface area contributed by atoms with Crippen molar-refractivity contribution in [1.82, 2.24) is 0 Å². The van der Waals surface area contributed by atoms with Crippen LogP contribution in [0.25, 0.3) is 0 Å². The zero-order valence-electron chi connectivity index (χ0n) is 18.6. The maximum absolute atomic E-state index is 14.9. The third-order valence-electron chi connectivity index (χ3n) is 5.42. The Morgan fingerprint density at radius 3 is 1.50 bits per heavy atom. The van der Waals surface area contributed by atoms with Crippen LogP contribution in [0.15, 0.2) is 72.8 Å². The molecule has 3 aromatic carbocycles. The van der Waals surface area contributed by atoms with Crippen LogP contribution < -0.4 is 0 Å². The molecular formula is C27H19FO8. The van der Waals surface area contributed by atoms with Crippen LogP contribution in [-0.4, -0.2) is 45.3 Å². The van der Waals surface area contributed by atoms with E-state index in [4.69, 9.17) is 10.2 Å². The maximum atomic E-state index is 14.9. The van der Waals surface area contributed by atoms with Crippen molar-refractivity contribution in [3.05, 3.63) is 106 Å².